The van der Waals surface area contributed by atoms with Crippen molar-refractivity contribution in [2.24, 2.45) is 35.5 Å². The van der Waals surface area contributed by atoms with E-state index in [0.717, 1.165) is 33.4 Å². The van der Waals surface area contributed by atoms with E-state index in [1.807, 2.05) is 151 Å². The molecule has 131 heavy (non-hydrogen) atoms. The Morgan fingerprint density at radius 1 is 0.427 bits per heavy atom. The number of ketones is 2. The van der Waals surface area contributed by atoms with Gasteiger partial charge in [-0.2, -0.15) is 0 Å². The van der Waals surface area contributed by atoms with Crippen molar-refractivity contribution in [1.29, 1.82) is 0 Å². The number of hydrogen-bond acceptors (Lipinski definition) is 20. The molecule has 0 unspecified atom stereocenters. The molecule has 4 aliphatic heterocycles. The molecule has 31 nitrogen and oxygen atoms in total. The molecular weight excluding hydrogens is 1690 g/mol. The Labute approximate surface area is 796 Å². The molecule has 718 valence electrons. The van der Waals surface area contributed by atoms with Crippen LogP contribution in [0.25, 0.3) is 0 Å². The predicted molar refractivity (Wildman–Crippen MR) is 490 cm³/mol. The first-order valence-corrected chi connectivity index (χ1v) is 45.8. The predicted octanol–water partition coefficient (Wildman–Crippen LogP) is 10.1. The smallest absolute Gasteiger partial charge is 0.870 e. The Hall–Kier alpha value is -9.98. The van der Waals surface area contributed by atoms with Crippen LogP contribution in [0.1, 0.15) is 248 Å². The van der Waals surface area contributed by atoms with E-state index >= 15 is 0 Å². The minimum absolute atomic E-state index is 0. The monoisotopic (exact) mass is 1830 g/mol. The fourth-order valence-electron chi connectivity index (χ4n) is 16.9. The van der Waals surface area contributed by atoms with Gasteiger partial charge in [-0.3, -0.25) is 38.4 Å². The van der Waals surface area contributed by atoms with Crippen LogP contribution in [0.15, 0.2) is 109 Å². The number of carbonyl (C=O) groups is 14. The maximum Gasteiger partial charge on any atom is 1.00 e. The number of amides is 10. The molecule has 4 aromatic carbocycles. The van der Waals surface area contributed by atoms with Crippen LogP contribution in [-0.2, 0) is 110 Å². The molecule has 8 N–H and O–H groups in total. The maximum absolute atomic E-state index is 14.6. The van der Waals surface area contributed by atoms with Gasteiger partial charge in [0, 0.05) is 102 Å². The number of esters is 1. The number of ether oxygens (including phenoxy) is 5. The van der Waals surface area contributed by atoms with Crippen LogP contribution in [0.4, 0.5) is 19.2 Å². The molecule has 0 radical (unpaired) electrons. The second-order valence-electron chi connectivity index (χ2n) is 39.9. The molecule has 10 amide bonds. The number of fused-ring (bicyclic) bond motifs is 2. The number of carboxylic acid groups (broad SMARTS) is 1. The number of likely N-dealkylation sites (tertiary alicyclic amines) is 2. The summed E-state index contributed by atoms with van der Waals surface area (Å²) in [4.78, 5) is 197. The molecule has 32 heteroatoms. The van der Waals surface area contributed by atoms with Crippen LogP contribution >= 0.6 is 0 Å². The van der Waals surface area contributed by atoms with Crippen molar-refractivity contribution in [2.75, 3.05) is 46.4 Å². The van der Waals surface area contributed by atoms with E-state index in [0.29, 0.717) is 64.2 Å². The van der Waals surface area contributed by atoms with Gasteiger partial charge in [-0.25, -0.2) is 28.8 Å². The van der Waals surface area contributed by atoms with Gasteiger partial charge in [-0.1, -0.05) is 151 Å². The number of hydrogen-bond donors (Lipinski definition) is 7. The summed E-state index contributed by atoms with van der Waals surface area (Å²) in [5, 5.41) is 26.9. The molecule has 4 heterocycles. The zero-order chi connectivity index (χ0) is 95.5. The Kier molecular flexibility index (Phi) is 43.2. The number of Topliss-reactive ketones (excluding diaryl/α,β-unsaturated/α-hetero) is 2. The number of nitrogens with one attached hydrogen (secondary N) is 6. The van der Waals surface area contributed by atoms with Crippen LogP contribution in [-0.4, -0.2) is 218 Å². The number of carboxylic acids is 1. The van der Waals surface area contributed by atoms with Crippen LogP contribution in [0.3, 0.4) is 0 Å². The topological polar surface area (TPSA) is 420 Å². The van der Waals surface area contributed by atoms with Gasteiger partial charge >= 0.3 is 65.9 Å². The number of rotatable bonds is 36. The van der Waals surface area contributed by atoms with Gasteiger partial charge in [0.2, 0.25) is 35.4 Å². The number of benzene rings is 4. The first-order valence-electron chi connectivity index (χ1n) is 45.8. The van der Waals surface area contributed by atoms with Crippen LogP contribution in [0, 0.1) is 35.5 Å². The van der Waals surface area contributed by atoms with Crippen LogP contribution in [0.2, 0.25) is 0 Å². The normalized spacial score (nSPS) is 17.2. The molecule has 8 rings (SSSR count). The number of methoxy groups -OCH3 is 1. The van der Waals surface area contributed by atoms with Crippen molar-refractivity contribution in [3.63, 3.8) is 0 Å². The summed E-state index contributed by atoms with van der Waals surface area (Å²) >= 11 is 0. The van der Waals surface area contributed by atoms with Crippen molar-refractivity contribution in [3.05, 3.63) is 143 Å². The van der Waals surface area contributed by atoms with Crippen LogP contribution in [0.5, 0.6) is 0 Å². The van der Waals surface area contributed by atoms with E-state index in [9.17, 15) is 72.2 Å². The quantitative estimate of drug-likeness (QED) is 0.00963. The van der Waals surface area contributed by atoms with E-state index in [-0.39, 0.29) is 186 Å². The summed E-state index contributed by atoms with van der Waals surface area (Å²) in [5.41, 5.74) is -0.145. The SMILES string of the molecule is CC(C)C[C@H](CC(=O)[C@@H]1Cc2ccccc2CN1C(=O)[C@H](C)Cc1ccccc1)C(=O)N[C@H](CCCCNC(=O)OC(C)(C)C)C(=O)N1CCC(NC(=O)OC(C)(C)C)(C(=O)O)CC1.COC(=O)C1(NC(=O)OC(C)(C)C)CCN(C(=O)[C@@H](CCCCNC(=O)OC(C)(C)C)NC(=O)[C@@H](CC(=O)[C@@H]2Cc3ccccc3CN2C(=O)[C@H](C)Cc2ccccc2)CC(C)C)CC1.[Na+].[OH-]. The van der Waals surface area contributed by atoms with Crippen molar-refractivity contribution in [3.8, 4) is 0 Å². The third-order valence-electron chi connectivity index (χ3n) is 23.3. The zero-order valence-electron chi connectivity index (χ0n) is 81.0. The molecule has 8 atom stereocenters. The fraction of sp³-hybridized carbons (Fsp3) is 0.616. The Balaban J connectivity index is 0.000000457. The van der Waals surface area contributed by atoms with Gasteiger partial charge < -0.3 is 85.8 Å². The molecular formula is C99H145N10NaO21. The van der Waals surface area contributed by atoms with Crippen molar-refractivity contribution >= 4 is 83.3 Å². The molecule has 0 aromatic heterocycles. The summed E-state index contributed by atoms with van der Waals surface area (Å²) in [5.74, 6) is -6.71. The van der Waals surface area contributed by atoms with E-state index in [1.165, 1.54) is 12.0 Å². The van der Waals surface area contributed by atoms with E-state index in [2.05, 4.69) is 31.9 Å². The zero-order valence-corrected chi connectivity index (χ0v) is 83.0. The number of piperidine rings is 2. The van der Waals surface area contributed by atoms with E-state index in [1.54, 1.807) is 97.8 Å². The van der Waals surface area contributed by atoms with E-state index < -0.39 is 129 Å². The molecule has 4 aliphatic rings. The van der Waals surface area contributed by atoms with Gasteiger partial charge in [0.15, 0.2) is 11.6 Å². The Morgan fingerprint density at radius 3 is 1.06 bits per heavy atom. The van der Waals surface area contributed by atoms with Crippen molar-refractivity contribution in [2.45, 2.75) is 311 Å². The maximum atomic E-state index is 14.6. The number of alkyl carbamates (subject to hydrolysis) is 4. The minimum atomic E-state index is -1.66. The van der Waals surface area contributed by atoms with Gasteiger partial charge in [-0.15, -0.1) is 0 Å². The third-order valence-corrected chi connectivity index (χ3v) is 23.3. The average Bonchev–Trinajstić information content (AvgIpc) is 0.796. The van der Waals surface area contributed by atoms with Gasteiger partial charge in [0.1, 0.15) is 45.6 Å². The average molecular weight is 1830 g/mol. The number of nitrogens with zero attached hydrogens (tertiary/aromatic N) is 4. The van der Waals surface area contributed by atoms with Gasteiger partial charge in [0.25, 0.3) is 0 Å². The second-order valence-corrected chi connectivity index (χ2v) is 39.9. The summed E-state index contributed by atoms with van der Waals surface area (Å²) in [6, 6.07) is 31.5. The summed E-state index contributed by atoms with van der Waals surface area (Å²) in [7, 11) is 1.23. The summed E-state index contributed by atoms with van der Waals surface area (Å²) in [6.45, 7) is 33.5. The molecule has 2 fully saturated rings. The third kappa shape index (κ3) is 35.8. The van der Waals surface area contributed by atoms with Gasteiger partial charge in [0.05, 0.1) is 19.2 Å². The Morgan fingerprint density at radius 2 is 0.740 bits per heavy atom. The first kappa shape index (κ1) is 112. The molecule has 0 spiro atoms. The first-order chi connectivity index (χ1) is 60.5. The minimum Gasteiger partial charge on any atom is -0.870 e. The molecule has 0 bridgehead atoms. The number of carbonyl (C=O) groups excluding carboxylic acids is 13. The standard InChI is InChI=1S/C50H73N5O10.C49H71N5O10.Na.H2O/c1-33(2)28-38(31-41(56)40-30-36-20-14-15-21-37(36)32-55(40)43(58)34(3)29-35-18-12-11-13-19-35)42(57)52-39(22-16-17-25-51-46(61)64-48(4,5)6)44(59)54-26-23-50(24-27-54,45(60)63-10)53-47(62)65-49(7,8)9;1-32(2)27-37(30-40(55)39-29-35-19-13-14-20-36(35)31-54(39)42(57)33(3)28-34-17-11-10-12-18-34)41(56)51-38(21-15-16-24-50-45(61)63-47(4,5)6)43(58)53-25-22-49(23-26-53,44(59)60)52-46(62)64-48(7,8)9;;/h11-15,18-21,33-34,38-40H,16-17,22-32H2,1-10H3,(H,51,61)(H,52,57)(H,53,62);10-14,17-20,32-33,37-39H,15-16,21-31H2,1-9H3,(H,50,61)(H,51,56)(H,52,62)(H,59,60);;1H2/q;;+1;/p-1/t34-,38-,39-,40+;33-,37-,38-,39+;;/m11../s1. The number of unbranched alkanes of at least 4 members (excludes halogenated alkanes) is 2. The summed E-state index contributed by atoms with van der Waals surface area (Å²) in [6.07, 6.45) is 1.44. The molecule has 0 aliphatic carbocycles. The summed E-state index contributed by atoms with van der Waals surface area (Å²) < 4.78 is 26.5. The number of aliphatic carboxylic acids is 1. The second kappa shape index (κ2) is 50.8. The van der Waals surface area contributed by atoms with Crippen LogP contribution < -0.4 is 61.5 Å². The molecule has 0 saturated carbocycles. The van der Waals surface area contributed by atoms with Crippen molar-refractivity contribution < 1.29 is 131 Å². The van der Waals surface area contributed by atoms with Gasteiger partial charge in [-0.05, 0) is 218 Å². The molecule has 2 saturated heterocycles. The Bertz CT molecular complexity index is 4480. The largest absolute Gasteiger partial charge is 1.00 e. The van der Waals surface area contributed by atoms with E-state index in [4.69, 9.17) is 23.7 Å². The molecule has 4 aromatic rings. The van der Waals surface area contributed by atoms with Crippen molar-refractivity contribution in [1.82, 2.24) is 51.5 Å². The fourth-order valence-corrected chi connectivity index (χ4v) is 16.9.